The van der Waals surface area contributed by atoms with Crippen LogP contribution in [-0.4, -0.2) is 41.7 Å². The molecule has 1 saturated heterocycles. The number of para-hydroxylation sites is 2. The second-order valence-corrected chi connectivity index (χ2v) is 5.64. The molecule has 22 heavy (non-hydrogen) atoms. The van der Waals surface area contributed by atoms with E-state index in [1.165, 1.54) is 4.57 Å². The van der Waals surface area contributed by atoms with Crippen molar-refractivity contribution in [3.8, 4) is 0 Å². The molecule has 1 atom stereocenters. The lowest BCUT2D eigenvalue weighted by Gasteiger charge is -2.33. The highest BCUT2D eigenvalue weighted by atomic mass is 16.5. The molecule has 0 N–H and O–H groups in total. The van der Waals surface area contributed by atoms with Gasteiger partial charge in [-0.3, -0.25) is 9.36 Å². The van der Waals surface area contributed by atoms with Gasteiger partial charge in [0.25, 0.3) is 0 Å². The molecule has 6 heteroatoms. The summed E-state index contributed by atoms with van der Waals surface area (Å²) in [5.74, 6) is -0.544. The van der Waals surface area contributed by atoms with Crippen LogP contribution in [0.5, 0.6) is 0 Å². The standard InChI is InChI=1S/C16H20N2O4/c1-11(15(19)17-9-7-12(21-2)8-10-17)18-13-5-3-4-6-14(13)22-16(18)20/h3-6,11-12H,7-10H2,1-2H3. The van der Waals surface area contributed by atoms with Gasteiger partial charge in [0.05, 0.1) is 11.6 Å². The highest BCUT2D eigenvalue weighted by Gasteiger charge is 2.28. The van der Waals surface area contributed by atoms with Crippen molar-refractivity contribution in [1.82, 2.24) is 9.47 Å². The Kier molecular flexibility index (Phi) is 4.02. The van der Waals surface area contributed by atoms with Crippen molar-refractivity contribution in [2.24, 2.45) is 0 Å². The summed E-state index contributed by atoms with van der Waals surface area (Å²) in [6.07, 6.45) is 1.88. The van der Waals surface area contributed by atoms with E-state index in [0.717, 1.165) is 12.8 Å². The number of amides is 1. The normalized spacial score (nSPS) is 17.8. The highest BCUT2D eigenvalue weighted by molar-refractivity contribution is 5.83. The molecule has 1 aliphatic rings. The summed E-state index contributed by atoms with van der Waals surface area (Å²) in [5, 5.41) is 0. The number of aromatic nitrogens is 1. The molecule has 1 fully saturated rings. The second-order valence-electron chi connectivity index (χ2n) is 5.64. The molecule has 0 radical (unpaired) electrons. The maximum atomic E-state index is 12.7. The zero-order chi connectivity index (χ0) is 15.7. The third-order valence-corrected chi connectivity index (χ3v) is 4.35. The molecule has 2 heterocycles. The number of nitrogens with zero attached hydrogens (tertiary/aromatic N) is 2. The van der Waals surface area contributed by atoms with E-state index in [1.807, 2.05) is 6.07 Å². The number of rotatable bonds is 3. The van der Waals surface area contributed by atoms with E-state index in [-0.39, 0.29) is 12.0 Å². The Morgan fingerprint density at radius 1 is 1.32 bits per heavy atom. The zero-order valence-electron chi connectivity index (χ0n) is 12.8. The molecule has 0 spiro atoms. The molecule has 1 amide bonds. The van der Waals surface area contributed by atoms with Gasteiger partial charge in [0.15, 0.2) is 5.58 Å². The Hall–Kier alpha value is -2.08. The van der Waals surface area contributed by atoms with Gasteiger partial charge in [0, 0.05) is 20.2 Å². The molecule has 1 aromatic carbocycles. The average molecular weight is 304 g/mol. The second kappa shape index (κ2) is 5.96. The molecule has 118 valence electrons. The lowest BCUT2D eigenvalue weighted by Crippen LogP contribution is -2.44. The molecular weight excluding hydrogens is 284 g/mol. The van der Waals surface area contributed by atoms with E-state index in [4.69, 9.17) is 9.15 Å². The SMILES string of the molecule is COC1CCN(C(=O)C(C)n2c(=O)oc3ccccc32)CC1. The van der Waals surface area contributed by atoms with E-state index in [2.05, 4.69) is 0 Å². The predicted octanol–water partition coefficient (Wildman–Crippen LogP) is 1.79. The van der Waals surface area contributed by atoms with E-state index >= 15 is 0 Å². The number of carbonyl (C=O) groups is 1. The van der Waals surface area contributed by atoms with Gasteiger partial charge in [-0.05, 0) is 31.9 Å². The topological polar surface area (TPSA) is 64.7 Å². The minimum Gasteiger partial charge on any atom is -0.408 e. The largest absolute Gasteiger partial charge is 0.420 e. The summed E-state index contributed by atoms with van der Waals surface area (Å²) in [4.78, 5) is 26.5. The summed E-state index contributed by atoms with van der Waals surface area (Å²) < 4.78 is 12.0. The molecule has 1 aliphatic heterocycles. The van der Waals surface area contributed by atoms with Crippen molar-refractivity contribution in [1.29, 1.82) is 0 Å². The first-order valence-electron chi connectivity index (χ1n) is 7.53. The van der Waals surface area contributed by atoms with Gasteiger partial charge < -0.3 is 14.1 Å². The van der Waals surface area contributed by atoms with Gasteiger partial charge in [-0.2, -0.15) is 0 Å². The Morgan fingerprint density at radius 2 is 2.00 bits per heavy atom. The Labute approximate surface area is 128 Å². The number of hydrogen-bond acceptors (Lipinski definition) is 4. The number of piperidine rings is 1. The van der Waals surface area contributed by atoms with Crippen LogP contribution in [0.3, 0.4) is 0 Å². The van der Waals surface area contributed by atoms with Crippen LogP contribution in [0, 0.1) is 0 Å². The molecule has 1 aromatic heterocycles. The van der Waals surface area contributed by atoms with Crippen LogP contribution in [0.25, 0.3) is 11.1 Å². The fourth-order valence-corrected chi connectivity index (χ4v) is 3.04. The molecule has 0 saturated carbocycles. The van der Waals surface area contributed by atoms with Crippen molar-refractivity contribution in [3.05, 3.63) is 34.8 Å². The van der Waals surface area contributed by atoms with E-state index < -0.39 is 11.8 Å². The van der Waals surface area contributed by atoms with Gasteiger partial charge in [-0.15, -0.1) is 0 Å². The number of carbonyl (C=O) groups excluding carboxylic acids is 1. The quantitative estimate of drug-likeness (QED) is 0.867. The Balaban J connectivity index is 1.84. The summed E-state index contributed by atoms with van der Waals surface area (Å²) in [6.45, 7) is 3.06. The van der Waals surface area contributed by atoms with Gasteiger partial charge in [0.1, 0.15) is 6.04 Å². The molecule has 0 bridgehead atoms. The van der Waals surface area contributed by atoms with Crippen LogP contribution in [-0.2, 0) is 9.53 Å². The lowest BCUT2D eigenvalue weighted by molar-refractivity contribution is -0.136. The smallest absolute Gasteiger partial charge is 0.408 e. The first kappa shape index (κ1) is 14.8. The predicted molar refractivity (Wildman–Crippen MR) is 81.8 cm³/mol. The van der Waals surface area contributed by atoms with E-state index in [0.29, 0.717) is 24.2 Å². The zero-order valence-corrected chi connectivity index (χ0v) is 12.8. The minimum absolute atomic E-state index is 0.0526. The van der Waals surface area contributed by atoms with Crippen molar-refractivity contribution in [2.75, 3.05) is 20.2 Å². The third kappa shape index (κ3) is 2.54. The number of methoxy groups -OCH3 is 1. The summed E-state index contributed by atoms with van der Waals surface area (Å²) in [7, 11) is 1.70. The molecule has 2 aromatic rings. The van der Waals surface area contributed by atoms with Gasteiger partial charge in [0.2, 0.25) is 5.91 Å². The Morgan fingerprint density at radius 3 is 2.68 bits per heavy atom. The number of fused-ring (bicyclic) bond motifs is 1. The lowest BCUT2D eigenvalue weighted by atomic mass is 10.1. The van der Waals surface area contributed by atoms with Crippen molar-refractivity contribution >= 4 is 17.0 Å². The van der Waals surface area contributed by atoms with E-state index in [1.54, 1.807) is 37.1 Å². The van der Waals surface area contributed by atoms with Gasteiger partial charge >= 0.3 is 5.76 Å². The van der Waals surface area contributed by atoms with Crippen LogP contribution < -0.4 is 5.76 Å². The monoisotopic (exact) mass is 304 g/mol. The molecule has 3 rings (SSSR count). The summed E-state index contributed by atoms with van der Waals surface area (Å²) in [6, 6.07) is 6.58. The first-order chi connectivity index (χ1) is 10.6. The number of oxazole rings is 1. The Bertz CT molecular complexity index is 725. The maximum Gasteiger partial charge on any atom is 0.420 e. The fourth-order valence-electron chi connectivity index (χ4n) is 3.04. The van der Waals surface area contributed by atoms with Gasteiger partial charge in [-0.25, -0.2) is 4.79 Å². The molecular formula is C16H20N2O4. The average Bonchev–Trinajstić information content (AvgIpc) is 2.89. The number of likely N-dealkylation sites (tertiary alicyclic amines) is 1. The maximum absolute atomic E-state index is 12.7. The number of hydrogen-bond donors (Lipinski definition) is 0. The van der Waals surface area contributed by atoms with Crippen molar-refractivity contribution in [2.45, 2.75) is 31.9 Å². The van der Waals surface area contributed by atoms with Crippen LogP contribution in [0.2, 0.25) is 0 Å². The molecule has 1 unspecified atom stereocenters. The van der Waals surface area contributed by atoms with E-state index in [9.17, 15) is 9.59 Å². The van der Waals surface area contributed by atoms with Crippen molar-refractivity contribution < 1.29 is 13.9 Å². The summed E-state index contributed by atoms with van der Waals surface area (Å²) in [5.41, 5.74) is 1.16. The first-order valence-corrected chi connectivity index (χ1v) is 7.53. The van der Waals surface area contributed by atoms with Crippen LogP contribution in [0.15, 0.2) is 33.5 Å². The molecule has 6 nitrogen and oxygen atoms in total. The fraction of sp³-hybridized carbons (Fsp3) is 0.500. The number of benzene rings is 1. The molecule has 0 aliphatic carbocycles. The van der Waals surface area contributed by atoms with Crippen molar-refractivity contribution in [3.63, 3.8) is 0 Å². The van der Waals surface area contributed by atoms with Crippen LogP contribution in [0.4, 0.5) is 0 Å². The van der Waals surface area contributed by atoms with Crippen LogP contribution >= 0.6 is 0 Å². The highest BCUT2D eigenvalue weighted by Crippen LogP contribution is 2.20. The number of ether oxygens (including phenoxy) is 1. The third-order valence-electron chi connectivity index (χ3n) is 4.35. The van der Waals surface area contributed by atoms with Gasteiger partial charge in [-0.1, -0.05) is 12.1 Å². The van der Waals surface area contributed by atoms with Crippen LogP contribution in [0.1, 0.15) is 25.8 Å². The minimum atomic E-state index is -0.574. The summed E-state index contributed by atoms with van der Waals surface area (Å²) >= 11 is 0.